The lowest BCUT2D eigenvalue weighted by Crippen LogP contribution is -2.35. The van der Waals surface area contributed by atoms with E-state index in [4.69, 9.17) is 4.74 Å². The van der Waals surface area contributed by atoms with Gasteiger partial charge in [0, 0.05) is 50.5 Å². The highest BCUT2D eigenvalue weighted by Gasteiger charge is 2.31. The summed E-state index contributed by atoms with van der Waals surface area (Å²) in [7, 11) is 5.02. The number of hydrogen-bond acceptors (Lipinski definition) is 4. The van der Waals surface area contributed by atoms with Gasteiger partial charge >= 0.3 is 5.97 Å². The number of pyridine rings is 1. The van der Waals surface area contributed by atoms with E-state index >= 15 is 0 Å². The highest BCUT2D eigenvalue weighted by Crippen LogP contribution is 2.34. The zero-order valence-corrected chi connectivity index (χ0v) is 17.0. The minimum atomic E-state index is -0.896. The van der Waals surface area contributed by atoms with Gasteiger partial charge in [0.1, 0.15) is 5.41 Å². The molecule has 0 aromatic carbocycles. The summed E-state index contributed by atoms with van der Waals surface area (Å²) in [5, 5.41) is 0. The Morgan fingerprint density at radius 2 is 1.96 bits per heavy atom. The largest absolute Gasteiger partial charge is 0.462 e. The van der Waals surface area contributed by atoms with E-state index < -0.39 is 11.4 Å². The van der Waals surface area contributed by atoms with Gasteiger partial charge in [-0.3, -0.25) is 9.59 Å². The van der Waals surface area contributed by atoms with Crippen molar-refractivity contribution in [2.75, 3.05) is 20.7 Å². The lowest BCUT2D eigenvalue weighted by molar-refractivity contribution is -0.136. The van der Waals surface area contributed by atoms with Gasteiger partial charge in [-0.1, -0.05) is 17.4 Å². The summed E-state index contributed by atoms with van der Waals surface area (Å²) < 4.78 is 6.64. The highest BCUT2D eigenvalue weighted by molar-refractivity contribution is 6.19. The third-order valence-electron chi connectivity index (χ3n) is 4.52. The Morgan fingerprint density at radius 3 is 2.52 bits per heavy atom. The number of hydrogen-bond donors (Lipinski definition) is 0. The van der Waals surface area contributed by atoms with E-state index in [1.54, 1.807) is 48.1 Å². The van der Waals surface area contributed by atoms with Crippen LogP contribution in [0, 0.1) is 17.3 Å². The van der Waals surface area contributed by atoms with Gasteiger partial charge in [-0.15, -0.1) is 0 Å². The maximum Gasteiger partial charge on any atom is 0.338 e. The minimum Gasteiger partial charge on any atom is -0.462 e. The molecule has 1 aromatic rings. The number of ether oxygens (including phenoxy) is 1. The number of aryl methyl sites for hydroxylation is 1. The Labute approximate surface area is 159 Å². The Morgan fingerprint density at radius 1 is 1.33 bits per heavy atom. The number of amides is 1. The predicted octanol–water partition coefficient (Wildman–Crippen LogP) is 1.74. The fourth-order valence-electron chi connectivity index (χ4n) is 3.23. The summed E-state index contributed by atoms with van der Waals surface area (Å²) in [4.78, 5) is 38.9. The van der Waals surface area contributed by atoms with E-state index in [9.17, 15) is 14.4 Å². The molecule has 0 atom stereocenters. The number of fused-ring (bicyclic) bond motifs is 1. The minimum absolute atomic E-state index is 0.117. The molecule has 0 saturated heterocycles. The van der Waals surface area contributed by atoms with Gasteiger partial charge in [0.05, 0.1) is 12.2 Å². The first kappa shape index (κ1) is 20.5. The summed E-state index contributed by atoms with van der Waals surface area (Å²) in [5.74, 6) is 5.48. The van der Waals surface area contributed by atoms with Crippen molar-refractivity contribution in [1.82, 2.24) is 9.47 Å². The zero-order chi connectivity index (χ0) is 20.5. The number of carbonyl (C=O) groups is 2. The molecular weight excluding hydrogens is 344 g/mol. The van der Waals surface area contributed by atoms with Crippen molar-refractivity contribution >= 4 is 17.4 Å². The molecule has 0 bridgehead atoms. The van der Waals surface area contributed by atoms with Crippen LogP contribution in [-0.4, -0.2) is 42.0 Å². The van der Waals surface area contributed by atoms with Crippen LogP contribution in [0.4, 0.5) is 0 Å². The molecule has 6 heteroatoms. The predicted molar refractivity (Wildman–Crippen MR) is 104 cm³/mol. The van der Waals surface area contributed by atoms with E-state index in [1.165, 1.54) is 9.47 Å². The van der Waals surface area contributed by atoms with Gasteiger partial charge in [-0.2, -0.15) is 0 Å². The maximum atomic E-state index is 12.6. The molecule has 1 amide bonds. The second kappa shape index (κ2) is 7.43. The van der Waals surface area contributed by atoms with Crippen molar-refractivity contribution in [2.45, 2.75) is 34.1 Å². The molecule has 0 aliphatic heterocycles. The standard InChI is InChI=1S/C21H26N2O4/c1-8-27-19(25)16-13(2)11-15-17(16)14(12-23(7)18(15)24)9-10-21(3,4)20(26)22(5)6/h12H,8,11H2,1-7H3. The van der Waals surface area contributed by atoms with E-state index in [0.29, 0.717) is 28.7 Å². The molecule has 27 heavy (non-hydrogen) atoms. The molecule has 0 spiro atoms. The van der Waals surface area contributed by atoms with Crippen LogP contribution >= 0.6 is 0 Å². The summed E-state index contributed by atoms with van der Waals surface area (Å²) in [6.07, 6.45) is 2.01. The summed E-state index contributed by atoms with van der Waals surface area (Å²) >= 11 is 0. The summed E-state index contributed by atoms with van der Waals surface area (Å²) in [6.45, 7) is 7.31. The maximum absolute atomic E-state index is 12.6. The second-order valence-electron chi connectivity index (χ2n) is 7.44. The normalized spacial score (nSPS) is 13.0. The molecule has 1 aliphatic rings. The van der Waals surface area contributed by atoms with Crippen LogP contribution < -0.4 is 5.56 Å². The van der Waals surface area contributed by atoms with Crippen molar-refractivity contribution in [3.8, 4) is 11.8 Å². The zero-order valence-electron chi connectivity index (χ0n) is 17.0. The molecule has 0 saturated carbocycles. The monoisotopic (exact) mass is 370 g/mol. The number of esters is 1. The van der Waals surface area contributed by atoms with Crippen molar-refractivity contribution in [1.29, 1.82) is 0 Å². The van der Waals surface area contributed by atoms with E-state index in [0.717, 1.165) is 5.57 Å². The van der Waals surface area contributed by atoms with E-state index in [1.807, 2.05) is 6.92 Å². The Balaban J connectivity index is 2.66. The highest BCUT2D eigenvalue weighted by atomic mass is 16.5. The van der Waals surface area contributed by atoms with E-state index in [2.05, 4.69) is 11.8 Å². The van der Waals surface area contributed by atoms with Crippen molar-refractivity contribution < 1.29 is 14.3 Å². The molecule has 144 valence electrons. The van der Waals surface area contributed by atoms with Gasteiger partial charge in [0.15, 0.2) is 0 Å². The second-order valence-corrected chi connectivity index (χ2v) is 7.44. The van der Waals surface area contributed by atoms with Crippen LogP contribution in [0.3, 0.4) is 0 Å². The van der Waals surface area contributed by atoms with Crippen LogP contribution in [0.1, 0.15) is 44.4 Å². The Bertz CT molecular complexity index is 953. The van der Waals surface area contributed by atoms with Crippen molar-refractivity contribution in [3.63, 3.8) is 0 Å². The third kappa shape index (κ3) is 3.82. The first-order chi connectivity index (χ1) is 12.5. The quantitative estimate of drug-likeness (QED) is 0.600. The Kier molecular flexibility index (Phi) is 5.65. The SMILES string of the molecule is CCOC(=O)C1=C(C)Cc2c1c(C#CC(C)(C)C(=O)N(C)C)cn(C)c2=O. The van der Waals surface area contributed by atoms with E-state index in [-0.39, 0.29) is 18.1 Å². The van der Waals surface area contributed by atoms with Crippen LogP contribution in [0.15, 0.2) is 16.6 Å². The van der Waals surface area contributed by atoms with Crippen LogP contribution in [0.2, 0.25) is 0 Å². The topological polar surface area (TPSA) is 68.6 Å². The van der Waals surface area contributed by atoms with Gasteiger partial charge in [0.25, 0.3) is 5.56 Å². The van der Waals surface area contributed by atoms with Crippen LogP contribution in [0.25, 0.3) is 5.57 Å². The lowest BCUT2D eigenvalue weighted by atomic mass is 9.91. The van der Waals surface area contributed by atoms with Gasteiger partial charge in [-0.05, 0) is 27.7 Å². The molecule has 0 unspecified atom stereocenters. The molecule has 2 rings (SSSR count). The molecule has 1 aliphatic carbocycles. The molecule has 0 radical (unpaired) electrons. The number of aromatic nitrogens is 1. The molecule has 0 fully saturated rings. The average Bonchev–Trinajstić information content (AvgIpc) is 2.94. The van der Waals surface area contributed by atoms with Crippen molar-refractivity contribution in [3.05, 3.63) is 38.8 Å². The molecular formula is C21H26N2O4. The molecule has 0 N–H and O–H groups in total. The smallest absolute Gasteiger partial charge is 0.338 e. The van der Waals surface area contributed by atoms with Gasteiger partial charge in [-0.25, -0.2) is 4.79 Å². The molecule has 1 heterocycles. The molecule has 1 aromatic heterocycles. The fraction of sp³-hybridized carbons (Fsp3) is 0.476. The molecule has 6 nitrogen and oxygen atoms in total. The first-order valence-electron chi connectivity index (χ1n) is 8.86. The average molecular weight is 370 g/mol. The van der Waals surface area contributed by atoms with Crippen molar-refractivity contribution in [2.24, 2.45) is 12.5 Å². The number of carbonyl (C=O) groups excluding carboxylic acids is 2. The lowest BCUT2D eigenvalue weighted by Gasteiger charge is -2.21. The van der Waals surface area contributed by atoms with Gasteiger partial charge in [0.2, 0.25) is 5.91 Å². The number of allylic oxidation sites excluding steroid dienone is 1. The number of rotatable bonds is 3. The fourth-order valence-corrected chi connectivity index (χ4v) is 3.23. The van der Waals surface area contributed by atoms with Gasteiger partial charge < -0.3 is 14.2 Å². The number of nitrogens with zero attached hydrogens (tertiary/aromatic N) is 2. The summed E-state index contributed by atoms with van der Waals surface area (Å²) in [5.41, 5.74) is 1.77. The summed E-state index contributed by atoms with van der Waals surface area (Å²) in [6, 6.07) is 0. The third-order valence-corrected chi connectivity index (χ3v) is 4.52. The Hall–Kier alpha value is -2.81. The van der Waals surface area contributed by atoms with Crippen LogP contribution in [-0.2, 0) is 27.8 Å². The van der Waals surface area contributed by atoms with Crippen LogP contribution in [0.5, 0.6) is 0 Å². The first-order valence-corrected chi connectivity index (χ1v) is 8.86.